The number of benzene rings is 1. The van der Waals surface area contributed by atoms with Crippen LogP contribution in [-0.2, 0) is 4.79 Å². The van der Waals surface area contributed by atoms with Crippen molar-refractivity contribution in [2.45, 2.75) is 19.0 Å². The number of rotatable bonds is 3. The molecule has 0 saturated carbocycles. The summed E-state index contributed by atoms with van der Waals surface area (Å²) >= 11 is 2.83. The lowest BCUT2D eigenvalue weighted by Crippen LogP contribution is -2.43. The van der Waals surface area contributed by atoms with Gasteiger partial charge in [0, 0.05) is 10.5 Å². The third kappa shape index (κ3) is 2.53. The van der Waals surface area contributed by atoms with Gasteiger partial charge >= 0.3 is 0 Å². The topological polar surface area (TPSA) is 58.2 Å². The fraction of sp³-hybridized carbons (Fsp3) is 0.286. The van der Waals surface area contributed by atoms with E-state index in [1.54, 1.807) is 11.3 Å². The predicted molar refractivity (Wildman–Crippen MR) is 83.2 cm³/mol. The number of fused-ring (bicyclic) bond motifs is 1. The highest BCUT2D eigenvalue weighted by atomic mass is 32.2. The SMILES string of the molecule is C[C@H](NC(=O)[C@H]1CSC(=O)N1)c1csc2ccccc12. The number of thiophene rings is 1. The summed E-state index contributed by atoms with van der Waals surface area (Å²) in [6.07, 6.45) is 0. The van der Waals surface area contributed by atoms with E-state index in [0.717, 1.165) is 17.3 Å². The summed E-state index contributed by atoms with van der Waals surface area (Å²) in [5, 5.41) is 8.76. The second kappa shape index (κ2) is 5.46. The van der Waals surface area contributed by atoms with E-state index < -0.39 is 6.04 Å². The molecule has 1 fully saturated rings. The van der Waals surface area contributed by atoms with E-state index in [-0.39, 0.29) is 17.2 Å². The zero-order valence-electron chi connectivity index (χ0n) is 10.9. The first-order valence-corrected chi connectivity index (χ1v) is 8.21. The van der Waals surface area contributed by atoms with Gasteiger partial charge in [0.1, 0.15) is 6.04 Å². The summed E-state index contributed by atoms with van der Waals surface area (Å²) in [7, 11) is 0. The Hall–Kier alpha value is -1.53. The minimum Gasteiger partial charge on any atom is -0.348 e. The van der Waals surface area contributed by atoms with Crippen LogP contribution in [0.4, 0.5) is 4.79 Å². The van der Waals surface area contributed by atoms with E-state index in [1.165, 1.54) is 10.1 Å². The van der Waals surface area contributed by atoms with Gasteiger partial charge in [0.25, 0.3) is 5.24 Å². The minimum absolute atomic E-state index is 0.0684. The molecule has 104 valence electrons. The lowest BCUT2D eigenvalue weighted by Gasteiger charge is -2.16. The molecule has 2 aromatic rings. The third-order valence-electron chi connectivity index (χ3n) is 3.33. The highest BCUT2D eigenvalue weighted by molar-refractivity contribution is 8.14. The zero-order chi connectivity index (χ0) is 14.1. The smallest absolute Gasteiger partial charge is 0.279 e. The average Bonchev–Trinajstić information content (AvgIpc) is 3.04. The van der Waals surface area contributed by atoms with Crippen molar-refractivity contribution in [1.82, 2.24) is 10.6 Å². The van der Waals surface area contributed by atoms with Crippen molar-refractivity contribution in [3.63, 3.8) is 0 Å². The fourth-order valence-corrected chi connectivity index (χ4v) is 4.08. The Balaban J connectivity index is 1.74. The first kappa shape index (κ1) is 13.5. The van der Waals surface area contributed by atoms with E-state index in [1.807, 2.05) is 19.1 Å². The summed E-state index contributed by atoms with van der Waals surface area (Å²) in [6, 6.07) is 7.67. The van der Waals surface area contributed by atoms with Gasteiger partial charge in [0.15, 0.2) is 0 Å². The normalized spacial score (nSPS) is 19.9. The van der Waals surface area contributed by atoms with Gasteiger partial charge in [-0.1, -0.05) is 30.0 Å². The van der Waals surface area contributed by atoms with Crippen molar-refractivity contribution in [1.29, 1.82) is 0 Å². The van der Waals surface area contributed by atoms with Gasteiger partial charge in [-0.2, -0.15) is 0 Å². The molecule has 0 unspecified atom stereocenters. The Morgan fingerprint density at radius 1 is 1.45 bits per heavy atom. The van der Waals surface area contributed by atoms with Crippen LogP contribution in [0.1, 0.15) is 18.5 Å². The van der Waals surface area contributed by atoms with Crippen LogP contribution in [0, 0.1) is 0 Å². The highest BCUT2D eigenvalue weighted by Crippen LogP contribution is 2.30. The molecule has 0 spiro atoms. The monoisotopic (exact) mass is 306 g/mol. The number of thioether (sulfide) groups is 1. The molecule has 2 heterocycles. The van der Waals surface area contributed by atoms with Crippen LogP contribution < -0.4 is 10.6 Å². The molecule has 1 aromatic heterocycles. The van der Waals surface area contributed by atoms with E-state index in [9.17, 15) is 9.59 Å². The zero-order valence-corrected chi connectivity index (χ0v) is 12.5. The Labute approximate surface area is 124 Å². The van der Waals surface area contributed by atoms with Gasteiger partial charge in [-0.3, -0.25) is 9.59 Å². The van der Waals surface area contributed by atoms with Gasteiger partial charge in [0.05, 0.1) is 6.04 Å². The van der Waals surface area contributed by atoms with Crippen LogP contribution in [-0.4, -0.2) is 22.9 Å². The second-order valence-electron chi connectivity index (χ2n) is 4.71. The number of nitrogens with one attached hydrogen (secondary N) is 2. The van der Waals surface area contributed by atoms with Crippen molar-refractivity contribution < 1.29 is 9.59 Å². The molecule has 1 aliphatic rings. The van der Waals surface area contributed by atoms with Crippen molar-refractivity contribution in [3.05, 3.63) is 35.2 Å². The first-order chi connectivity index (χ1) is 9.65. The van der Waals surface area contributed by atoms with E-state index in [0.29, 0.717) is 5.75 Å². The second-order valence-corrected chi connectivity index (χ2v) is 6.62. The Morgan fingerprint density at radius 3 is 3.00 bits per heavy atom. The van der Waals surface area contributed by atoms with Crippen molar-refractivity contribution in [2.75, 3.05) is 5.75 Å². The number of hydrogen-bond acceptors (Lipinski definition) is 4. The molecule has 2 atom stereocenters. The fourth-order valence-electron chi connectivity index (χ4n) is 2.25. The lowest BCUT2D eigenvalue weighted by atomic mass is 10.1. The van der Waals surface area contributed by atoms with Crippen LogP contribution in [0.15, 0.2) is 29.6 Å². The van der Waals surface area contributed by atoms with Gasteiger partial charge < -0.3 is 10.6 Å². The number of amides is 2. The van der Waals surface area contributed by atoms with Gasteiger partial charge in [0.2, 0.25) is 5.91 Å². The Morgan fingerprint density at radius 2 is 2.25 bits per heavy atom. The molecule has 2 amide bonds. The molecule has 0 bridgehead atoms. The van der Waals surface area contributed by atoms with Crippen LogP contribution in [0.2, 0.25) is 0 Å². The average molecular weight is 306 g/mol. The molecule has 1 saturated heterocycles. The van der Waals surface area contributed by atoms with Crippen LogP contribution in [0.5, 0.6) is 0 Å². The number of carbonyl (C=O) groups is 2. The summed E-state index contributed by atoms with van der Waals surface area (Å²) in [5.74, 6) is 0.382. The van der Waals surface area contributed by atoms with Crippen molar-refractivity contribution >= 4 is 44.3 Å². The largest absolute Gasteiger partial charge is 0.348 e. The molecule has 1 aromatic carbocycles. The van der Waals surface area contributed by atoms with Crippen LogP contribution >= 0.6 is 23.1 Å². The summed E-state index contributed by atoms with van der Waals surface area (Å²) < 4.78 is 1.22. The van der Waals surface area contributed by atoms with E-state index >= 15 is 0 Å². The maximum absolute atomic E-state index is 12.1. The Kier molecular flexibility index (Phi) is 3.67. The number of carbonyl (C=O) groups excluding carboxylic acids is 2. The molecule has 0 aliphatic carbocycles. The molecule has 3 rings (SSSR count). The summed E-state index contributed by atoms with van der Waals surface area (Å²) in [5.41, 5.74) is 1.12. The number of hydrogen-bond donors (Lipinski definition) is 2. The molecule has 0 radical (unpaired) electrons. The molecular formula is C14H14N2O2S2. The maximum atomic E-state index is 12.1. The van der Waals surface area contributed by atoms with Gasteiger partial charge in [-0.25, -0.2) is 0 Å². The Bertz CT molecular complexity index is 668. The molecule has 4 nitrogen and oxygen atoms in total. The summed E-state index contributed by atoms with van der Waals surface area (Å²) in [4.78, 5) is 23.2. The van der Waals surface area contributed by atoms with Crippen LogP contribution in [0.3, 0.4) is 0 Å². The summed E-state index contributed by atoms with van der Waals surface area (Å²) in [6.45, 7) is 1.97. The molecule has 1 aliphatic heterocycles. The predicted octanol–water partition coefficient (Wildman–Crippen LogP) is 2.90. The van der Waals surface area contributed by atoms with E-state index in [4.69, 9.17) is 0 Å². The molecule has 20 heavy (non-hydrogen) atoms. The van der Waals surface area contributed by atoms with Crippen LogP contribution in [0.25, 0.3) is 10.1 Å². The first-order valence-electron chi connectivity index (χ1n) is 6.35. The molecule has 6 heteroatoms. The van der Waals surface area contributed by atoms with Gasteiger partial charge in [-0.15, -0.1) is 11.3 Å². The maximum Gasteiger partial charge on any atom is 0.279 e. The van der Waals surface area contributed by atoms with Gasteiger partial charge in [-0.05, 0) is 29.3 Å². The highest BCUT2D eigenvalue weighted by Gasteiger charge is 2.29. The van der Waals surface area contributed by atoms with E-state index in [2.05, 4.69) is 28.1 Å². The lowest BCUT2D eigenvalue weighted by molar-refractivity contribution is -0.122. The minimum atomic E-state index is -0.417. The molecular weight excluding hydrogens is 292 g/mol. The van der Waals surface area contributed by atoms with Crippen molar-refractivity contribution in [2.24, 2.45) is 0 Å². The van der Waals surface area contributed by atoms with Crippen molar-refractivity contribution in [3.8, 4) is 0 Å². The molecule has 2 N–H and O–H groups in total. The standard InChI is InChI=1S/C14H14N2O2S2/c1-8(15-13(17)11-7-20-14(18)16-11)10-6-19-12-5-3-2-4-9(10)12/h2-6,8,11H,7H2,1H3,(H,15,17)(H,16,18)/t8-,11+/m0/s1. The third-order valence-corrected chi connectivity index (χ3v) is 5.19. The quantitative estimate of drug-likeness (QED) is 0.916.